The molecule has 2 aromatic rings. The van der Waals surface area contributed by atoms with E-state index >= 15 is 0 Å². The Balaban J connectivity index is 1.57. The molecule has 1 spiro atoms. The van der Waals surface area contributed by atoms with Crippen LogP contribution in [-0.2, 0) is 37.9 Å². The van der Waals surface area contributed by atoms with Crippen molar-refractivity contribution >= 4 is 42.3 Å². The van der Waals surface area contributed by atoms with Crippen LogP contribution in [0.3, 0.4) is 0 Å². The van der Waals surface area contributed by atoms with Crippen molar-refractivity contribution in [2.75, 3.05) is 38.9 Å². The molecule has 0 aromatic carbocycles. The van der Waals surface area contributed by atoms with Gasteiger partial charge < -0.3 is 24.5 Å². The minimum Gasteiger partial charge on any atom is -0.390 e. The third-order valence-electron chi connectivity index (χ3n) is 9.16. The zero-order valence-electron chi connectivity index (χ0n) is 24.3. The molecule has 2 aromatic heterocycles. The average molecular weight is 616 g/mol. The molecule has 41 heavy (non-hydrogen) atoms. The number of carbonyl (C=O) groups is 1. The van der Waals surface area contributed by atoms with Gasteiger partial charge in [-0.15, -0.1) is 0 Å². The second kappa shape index (κ2) is 10.8. The van der Waals surface area contributed by atoms with Gasteiger partial charge in [0.15, 0.2) is 17.0 Å². The summed E-state index contributed by atoms with van der Waals surface area (Å²) < 4.78 is 43.5. The van der Waals surface area contributed by atoms with Gasteiger partial charge in [-0.25, -0.2) is 9.55 Å². The van der Waals surface area contributed by atoms with Gasteiger partial charge in [-0.1, -0.05) is 13.8 Å². The number of fused-ring (bicyclic) bond motifs is 1. The third kappa shape index (κ3) is 4.15. The van der Waals surface area contributed by atoms with Crippen molar-refractivity contribution in [2.24, 2.45) is 10.8 Å². The smallest absolute Gasteiger partial charge is 0.390 e. The van der Waals surface area contributed by atoms with E-state index in [2.05, 4.69) is 20.3 Å². The highest BCUT2D eigenvalue weighted by atomic mass is 35.5. The number of hydrogen-bond donors (Lipinski definition) is 2. The molecule has 6 atom stereocenters. The summed E-state index contributed by atoms with van der Waals surface area (Å²) in [5.41, 5.74) is -1.91. The fourth-order valence-electron chi connectivity index (χ4n) is 7.95. The number of amides is 1. The van der Waals surface area contributed by atoms with Crippen LogP contribution in [0.5, 0.6) is 0 Å². The van der Waals surface area contributed by atoms with Crippen molar-refractivity contribution in [1.29, 1.82) is 0 Å². The van der Waals surface area contributed by atoms with Gasteiger partial charge in [-0.05, 0) is 51.6 Å². The number of ether oxygens (including phenoxy) is 2. The van der Waals surface area contributed by atoms with Crippen LogP contribution in [0.4, 0.5) is 5.82 Å². The minimum absolute atomic E-state index is 0.0385. The lowest BCUT2D eigenvalue weighted by Gasteiger charge is -2.38. The molecule has 5 rings (SSSR count). The largest absolute Gasteiger partial charge is 0.474 e. The van der Waals surface area contributed by atoms with Crippen LogP contribution >= 0.6 is 19.4 Å². The molecule has 228 valence electrons. The van der Waals surface area contributed by atoms with E-state index in [-0.39, 0.29) is 43.4 Å². The normalized spacial score (nSPS) is 33.9. The second-order valence-corrected chi connectivity index (χ2v) is 13.0. The highest BCUT2D eigenvalue weighted by Gasteiger charge is 3.04. The van der Waals surface area contributed by atoms with Gasteiger partial charge >= 0.3 is 7.82 Å². The summed E-state index contributed by atoms with van der Waals surface area (Å²) in [6, 6.07) is 0. The molecule has 3 fully saturated rings. The Morgan fingerprint density at radius 2 is 1.95 bits per heavy atom. The predicted molar refractivity (Wildman–Crippen MR) is 150 cm³/mol. The van der Waals surface area contributed by atoms with Crippen LogP contribution in [0.2, 0.25) is 5.28 Å². The number of hydrogen-bond acceptors (Lipinski definition) is 11. The molecule has 3 aliphatic rings. The fourth-order valence-corrected chi connectivity index (χ4v) is 9.30. The summed E-state index contributed by atoms with van der Waals surface area (Å²) in [5.74, 6) is 0.0327. The summed E-state index contributed by atoms with van der Waals surface area (Å²) in [5, 5.41) is 14.8. The van der Waals surface area contributed by atoms with Crippen LogP contribution in [0.1, 0.15) is 60.3 Å². The van der Waals surface area contributed by atoms with Crippen LogP contribution in [0.15, 0.2) is 6.33 Å². The first-order valence-electron chi connectivity index (χ1n) is 14.1. The molecule has 0 radical (unpaired) electrons. The van der Waals surface area contributed by atoms with Crippen LogP contribution in [-0.4, -0.2) is 81.9 Å². The van der Waals surface area contributed by atoms with Crippen molar-refractivity contribution in [3.05, 3.63) is 11.6 Å². The Labute approximate surface area is 244 Å². The van der Waals surface area contributed by atoms with Gasteiger partial charge in [-0.2, -0.15) is 9.97 Å². The lowest BCUT2D eigenvalue weighted by Crippen LogP contribution is -2.50. The molecule has 4 unspecified atom stereocenters. The van der Waals surface area contributed by atoms with Crippen LogP contribution in [0, 0.1) is 10.8 Å². The number of nitrogens with one attached hydrogen (secondary N) is 1. The van der Waals surface area contributed by atoms with Crippen molar-refractivity contribution in [1.82, 2.24) is 19.5 Å². The predicted octanol–water partition coefficient (Wildman–Crippen LogP) is 4.08. The molecule has 3 heterocycles. The van der Waals surface area contributed by atoms with Crippen molar-refractivity contribution in [3.63, 3.8) is 0 Å². The van der Waals surface area contributed by atoms with Gasteiger partial charge in [-0.3, -0.25) is 18.4 Å². The number of methoxy groups -OCH3 is 1. The number of carbonyl (C=O) groups excluding carboxylic acids is 1. The van der Waals surface area contributed by atoms with Crippen LogP contribution in [0.25, 0.3) is 11.2 Å². The van der Waals surface area contributed by atoms with E-state index in [0.29, 0.717) is 36.8 Å². The zero-order chi connectivity index (χ0) is 29.8. The van der Waals surface area contributed by atoms with E-state index in [0.717, 1.165) is 0 Å². The molecule has 2 saturated carbocycles. The maximum Gasteiger partial charge on any atom is 0.474 e. The van der Waals surface area contributed by atoms with Gasteiger partial charge in [0, 0.05) is 18.9 Å². The van der Waals surface area contributed by atoms with Gasteiger partial charge in [0.2, 0.25) is 11.2 Å². The molecule has 1 saturated heterocycles. The number of phosphoric ester groups is 1. The molecule has 15 heteroatoms. The Kier molecular flexibility index (Phi) is 8.09. The van der Waals surface area contributed by atoms with Gasteiger partial charge in [0.05, 0.1) is 55.4 Å². The molecular weight excluding hydrogens is 577 g/mol. The highest BCUT2D eigenvalue weighted by Crippen LogP contribution is 2.96. The molecule has 2 N–H and O–H groups in total. The van der Waals surface area contributed by atoms with E-state index in [1.807, 2.05) is 25.3 Å². The third-order valence-corrected chi connectivity index (χ3v) is 10.9. The fraction of sp³-hybridized carbons (Fsp3) is 0.769. The number of halogens is 1. The number of rotatable bonds is 14. The molecule has 0 bridgehead atoms. The Morgan fingerprint density at radius 3 is 2.56 bits per heavy atom. The van der Waals surface area contributed by atoms with Crippen LogP contribution < -0.4 is 5.32 Å². The molecular formula is C26H39ClN5O8P. The average Bonchev–Trinajstić information content (AvgIpc) is 3.60. The second-order valence-electron chi connectivity index (χ2n) is 11.0. The first-order chi connectivity index (χ1) is 19.5. The summed E-state index contributed by atoms with van der Waals surface area (Å²) in [6.45, 7) is 9.63. The number of phosphoric acid groups is 1. The number of aromatic nitrogens is 4. The van der Waals surface area contributed by atoms with E-state index in [4.69, 9.17) is 34.6 Å². The SMILES string of the molecule is CCCC(=O)Nc1nc(Cl)nc2c1ncn2[C@@]1(CC)C2(COC)C(O)[C@@H](COP(=O)(OCC)OCC)OC3(C)CC321. The Bertz CT molecular complexity index is 1370. The molecule has 1 amide bonds. The maximum absolute atomic E-state index is 13.0. The van der Waals surface area contributed by atoms with E-state index in [9.17, 15) is 14.5 Å². The highest BCUT2D eigenvalue weighted by molar-refractivity contribution is 7.48. The summed E-state index contributed by atoms with van der Waals surface area (Å²) in [6.07, 6.45) is 1.97. The first kappa shape index (κ1) is 30.7. The summed E-state index contributed by atoms with van der Waals surface area (Å²) in [7, 11) is -2.24. The van der Waals surface area contributed by atoms with Gasteiger partial charge in [0.25, 0.3) is 0 Å². The number of imidazole rings is 1. The van der Waals surface area contributed by atoms with Crippen molar-refractivity contribution in [3.8, 4) is 0 Å². The number of aliphatic hydroxyl groups excluding tert-OH is 1. The number of anilines is 1. The minimum atomic E-state index is -3.84. The number of aliphatic hydroxyl groups is 1. The van der Waals surface area contributed by atoms with E-state index in [1.165, 1.54) is 0 Å². The summed E-state index contributed by atoms with van der Waals surface area (Å²) >= 11 is 6.36. The Morgan fingerprint density at radius 1 is 1.24 bits per heavy atom. The van der Waals surface area contributed by atoms with Crippen molar-refractivity contribution in [2.45, 2.75) is 83.6 Å². The first-order valence-corrected chi connectivity index (χ1v) is 15.9. The monoisotopic (exact) mass is 615 g/mol. The lowest BCUT2D eigenvalue weighted by molar-refractivity contribution is -0.170. The Hall–Kier alpha value is -1.70. The standard InChI is InChI=1S/C26H39ClN5O8P/c1-7-11-17(33)29-20-18-21(31-22(27)30-20)32(15-28-18)26(8-2)24(14-36-6)19(34)16(40-23(5)13-25(23,24)26)12-39-41(35,37-9-3)38-10-4/h15-16,19,34H,7-14H2,1-6H3,(H,29,30,31,33)/t16-,19?,23?,24?,25?,26+/m1/s1. The van der Waals surface area contributed by atoms with Gasteiger partial charge in [0.1, 0.15) is 6.10 Å². The lowest BCUT2D eigenvalue weighted by atomic mass is 9.86. The van der Waals surface area contributed by atoms with Crippen molar-refractivity contribution < 1.29 is 37.5 Å². The summed E-state index contributed by atoms with van der Waals surface area (Å²) in [4.78, 5) is 25.8. The molecule has 2 aliphatic carbocycles. The van der Waals surface area contributed by atoms with E-state index in [1.54, 1.807) is 27.3 Å². The number of nitrogens with zero attached hydrogens (tertiary/aromatic N) is 4. The maximum atomic E-state index is 13.0. The molecule has 13 nitrogen and oxygen atoms in total. The quantitative estimate of drug-likeness (QED) is 0.233. The topological polar surface area (TPSA) is 156 Å². The molecule has 1 aliphatic heterocycles. The zero-order valence-corrected chi connectivity index (χ0v) is 26.0. The van der Waals surface area contributed by atoms with E-state index < -0.39 is 42.0 Å².